The van der Waals surface area contributed by atoms with E-state index < -0.39 is 0 Å². The molecule has 4 heteroatoms. The van der Waals surface area contributed by atoms with Crippen LogP contribution in [-0.2, 0) is 24.5 Å². The van der Waals surface area contributed by atoms with E-state index in [-0.39, 0.29) is 0 Å². The Balaban J connectivity index is 1.89. The molecule has 0 bridgehead atoms. The third-order valence-corrected chi connectivity index (χ3v) is 3.11. The van der Waals surface area contributed by atoms with Gasteiger partial charge in [0.2, 0.25) is 0 Å². The molecule has 3 nitrogen and oxygen atoms in total. The Hall–Kier alpha value is -1.23. The standard InChI is InChI=1S/C12H14N2OS/c13-7-12-10(3-1-5-14-12)8-15-9-11-4-2-6-16-11/h1-6H,7-9,13H2. The van der Waals surface area contributed by atoms with Gasteiger partial charge in [-0.05, 0) is 17.5 Å². The van der Waals surface area contributed by atoms with Crippen LogP contribution in [-0.4, -0.2) is 4.98 Å². The molecule has 0 fully saturated rings. The molecular weight excluding hydrogens is 220 g/mol. The van der Waals surface area contributed by atoms with E-state index in [1.54, 1.807) is 17.5 Å². The van der Waals surface area contributed by atoms with E-state index in [9.17, 15) is 0 Å². The number of rotatable bonds is 5. The molecule has 0 atom stereocenters. The number of hydrogen-bond acceptors (Lipinski definition) is 4. The van der Waals surface area contributed by atoms with E-state index in [4.69, 9.17) is 10.5 Å². The van der Waals surface area contributed by atoms with Crippen molar-refractivity contribution in [1.82, 2.24) is 4.98 Å². The van der Waals surface area contributed by atoms with Crippen LogP contribution in [0.3, 0.4) is 0 Å². The topological polar surface area (TPSA) is 48.1 Å². The van der Waals surface area contributed by atoms with Crippen LogP contribution in [0.15, 0.2) is 35.8 Å². The predicted molar refractivity (Wildman–Crippen MR) is 64.9 cm³/mol. The van der Waals surface area contributed by atoms with Crippen molar-refractivity contribution in [1.29, 1.82) is 0 Å². The summed E-state index contributed by atoms with van der Waals surface area (Å²) >= 11 is 1.70. The van der Waals surface area contributed by atoms with Gasteiger partial charge in [-0.25, -0.2) is 0 Å². The summed E-state index contributed by atoms with van der Waals surface area (Å²) in [4.78, 5) is 5.44. The Morgan fingerprint density at radius 1 is 1.25 bits per heavy atom. The third kappa shape index (κ3) is 2.88. The summed E-state index contributed by atoms with van der Waals surface area (Å²) in [6.07, 6.45) is 1.75. The summed E-state index contributed by atoms with van der Waals surface area (Å²) in [7, 11) is 0. The molecule has 16 heavy (non-hydrogen) atoms. The molecule has 0 amide bonds. The maximum atomic E-state index is 5.62. The van der Waals surface area contributed by atoms with Crippen LogP contribution in [0.2, 0.25) is 0 Å². The van der Waals surface area contributed by atoms with Crippen molar-refractivity contribution in [3.63, 3.8) is 0 Å². The molecule has 0 spiro atoms. The zero-order chi connectivity index (χ0) is 11.2. The summed E-state index contributed by atoms with van der Waals surface area (Å²) in [6.45, 7) is 1.67. The number of aromatic nitrogens is 1. The molecule has 2 aromatic heterocycles. The highest BCUT2D eigenvalue weighted by molar-refractivity contribution is 7.09. The molecule has 0 saturated carbocycles. The van der Waals surface area contributed by atoms with Crippen LogP contribution in [0, 0.1) is 0 Å². The number of pyridine rings is 1. The van der Waals surface area contributed by atoms with Gasteiger partial charge in [0.25, 0.3) is 0 Å². The van der Waals surface area contributed by atoms with Gasteiger partial charge in [0, 0.05) is 23.2 Å². The highest BCUT2D eigenvalue weighted by atomic mass is 32.1. The van der Waals surface area contributed by atoms with E-state index >= 15 is 0 Å². The Morgan fingerprint density at radius 2 is 2.19 bits per heavy atom. The minimum atomic E-state index is 0.457. The van der Waals surface area contributed by atoms with Crippen LogP contribution in [0.25, 0.3) is 0 Å². The molecule has 2 heterocycles. The minimum absolute atomic E-state index is 0.457. The number of thiophene rings is 1. The maximum absolute atomic E-state index is 5.62. The van der Waals surface area contributed by atoms with Crippen LogP contribution in [0.4, 0.5) is 0 Å². The highest BCUT2D eigenvalue weighted by Crippen LogP contribution is 2.12. The Morgan fingerprint density at radius 3 is 2.94 bits per heavy atom. The lowest BCUT2D eigenvalue weighted by Gasteiger charge is -2.06. The van der Waals surface area contributed by atoms with E-state index in [2.05, 4.69) is 11.1 Å². The molecule has 0 aromatic carbocycles. The zero-order valence-electron chi connectivity index (χ0n) is 8.93. The summed E-state index contributed by atoms with van der Waals surface area (Å²) in [5.74, 6) is 0. The fourth-order valence-corrected chi connectivity index (χ4v) is 2.08. The van der Waals surface area contributed by atoms with Gasteiger partial charge in [-0.3, -0.25) is 4.98 Å². The average molecular weight is 234 g/mol. The smallest absolute Gasteiger partial charge is 0.0813 e. The van der Waals surface area contributed by atoms with Crippen molar-refractivity contribution >= 4 is 11.3 Å². The molecule has 0 aliphatic heterocycles. The van der Waals surface area contributed by atoms with Crippen LogP contribution < -0.4 is 5.73 Å². The number of nitrogens with zero attached hydrogens (tertiary/aromatic N) is 1. The largest absolute Gasteiger partial charge is 0.371 e. The molecule has 2 N–H and O–H groups in total. The minimum Gasteiger partial charge on any atom is -0.371 e. The molecule has 0 unspecified atom stereocenters. The number of nitrogens with two attached hydrogens (primary N) is 1. The van der Waals surface area contributed by atoms with Gasteiger partial charge >= 0.3 is 0 Å². The van der Waals surface area contributed by atoms with E-state index in [0.717, 1.165) is 11.3 Å². The van der Waals surface area contributed by atoms with Crippen LogP contribution in [0.1, 0.15) is 16.1 Å². The normalized spacial score (nSPS) is 10.6. The van der Waals surface area contributed by atoms with Crippen molar-refractivity contribution in [2.75, 3.05) is 0 Å². The SMILES string of the molecule is NCc1ncccc1COCc1cccs1. The van der Waals surface area contributed by atoms with Crippen molar-refractivity contribution in [2.24, 2.45) is 5.73 Å². The molecular formula is C12H14N2OS. The van der Waals surface area contributed by atoms with E-state index in [0.29, 0.717) is 19.8 Å². The zero-order valence-corrected chi connectivity index (χ0v) is 9.74. The Kier molecular flexibility index (Phi) is 4.04. The van der Waals surface area contributed by atoms with Crippen molar-refractivity contribution < 1.29 is 4.74 Å². The fraction of sp³-hybridized carbons (Fsp3) is 0.250. The van der Waals surface area contributed by atoms with Crippen molar-refractivity contribution in [3.05, 3.63) is 52.0 Å². The Bertz CT molecular complexity index is 428. The molecule has 84 valence electrons. The molecule has 0 radical (unpaired) electrons. The number of ether oxygens (including phenoxy) is 1. The van der Waals surface area contributed by atoms with Gasteiger partial charge in [0.15, 0.2) is 0 Å². The lowest BCUT2D eigenvalue weighted by Crippen LogP contribution is -2.05. The first-order valence-electron chi connectivity index (χ1n) is 5.13. The Labute approximate surface area is 98.9 Å². The molecule has 2 aromatic rings. The maximum Gasteiger partial charge on any atom is 0.0813 e. The monoisotopic (exact) mass is 234 g/mol. The molecule has 0 aliphatic rings. The third-order valence-electron chi connectivity index (χ3n) is 2.26. The van der Waals surface area contributed by atoms with Crippen molar-refractivity contribution in [3.8, 4) is 0 Å². The predicted octanol–water partition coefficient (Wildman–Crippen LogP) is 2.32. The van der Waals surface area contributed by atoms with E-state index in [1.165, 1.54) is 4.88 Å². The molecule has 0 saturated heterocycles. The first kappa shape index (κ1) is 11.3. The summed E-state index contributed by atoms with van der Waals surface area (Å²) in [5, 5.41) is 2.05. The lowest BCUT2D eigenvalue weighted by molar-refractivity contribution is 0.108. The van der Waals surface area contributed by atoms with Crippen molar-refractivity contribution in [2.45, 2.75) is 19.8 Å². The highest BCUT2D eigenvalue weighted by Gasteiger charge is 2.01. The van der Waals surface area contributed by atoms with Crippen LogP contribution in [0.5, 0.6) is 0 Å². The van der Waals surface area contributed by atoms with Gasteiger partial charge in [-0.2, -0.15) is 0 Å². The second-order valence-corrected chi connectivity index (χ2v) is 4.42. The number of hydrogen-bond donors (Lipinski definition) is 1. The fourth-order valence-electron chi connectivity index (χ4n) is 1.44. The molecule has 0 aliphatic carbocycles. The van der Waals surface area contributed by atoms with Gasteiger partial charge in [0.05, 0.1) is 18.9 Å². The molecule has 2 rings (SSSR count). The average Bonchev–Trinajstić information content (AvgIpc) is 2.83. The summed E-state index contributed by atoms with van der Waals surface area (Å²) < 4.78 is 5.62. The summed E-state index contributed by atoms with van der Waals surface area (Å²) in [6, 6.07) is 8.00. The van der Waals surface area contributed by atoms with Gasteiger partial charge in [-0.1, -0.05) is 12.1 Å². The van der Waals surface area contributed by atoms with Gasteiger partial charge < -0.3 is 10.5 Å². The first-order valence-corrected chi connectivity index (χ1v) is 6.01. The second kappa shape index (κ2) is 5.75. The van der Waals surface area contributed by atoms with Gasteiger partial charge in [0.1, 0.15) is 0 Å². The lowest BCUT2D eigenvalue weighted by atomic mass is 10.2. The quantitative estimate of drug-likeness (QED) is 0.863. The van der Waals surface area contributed by atoms with Crippen LogP contribution >= 0.6 is 11.3 Å². The van der Waals surface area contributed by atoms with Gasteiger partial charge in [-0.15, -0.1) is 11.3 Å². The van der Waals surface area contributed by atoms with E-state index in [1.807, 2.05) is 23.6 Å². The second-order valence-electron chi connectivity index (χ2n) is 3.39. The first-order chi connectivity index (χ1) is 7.90. The summed E-state index contributed by atoms with van der Waals surface area (Å²) in [5.41, 5.74) is 7.58.